The number of sulfonamides is 1. The summed E-state index contributed by atoms with van der Waals surface area (Å²) in [6.45, 7) is 3.74. The van der Waals surface area contributed by atoms with Crippen LogP contribution < -0.4 is 5.32 Å². The molecule has 0 bridgehead atoms. The van der Waals surface area contributed by atoms with Crippen molar-refractivity contribution in [1.29, 1.82) is 0 Å². The molecule has 0 unspecified atom stereocenters. The summed E-state index contributed by atoms with van der Waals surface area (Å²) < 4.78 is 34.6. The molecule has 4 aromatic rings. The Hall–Kier alpha value is -3.50. The molecule has 1 aromatic heterocycles. The zero-order valence-electron chi connectivity index (χ0n) is 21.4. The molecule has 0 saturated heterocycles. The smallest absolute Gasteiger partial charge is 0.243 e. The van der Waals surface area contributed by atoms with Crippen LogP contribution in [0.4, 0.5) is 5.95 Å². The van der Waals surface area contributed by atoms with Crippen LogP contribution in [-0.2, 0) is 19.6 Å². The Morgan fingerprint density at radius 2 is 1.74 bits per heavy atom. The molecule has 3 aromatic carbocycles. The van der Waals surface area contributed by atoms with Crippen LogP contribution >= 0.6 is 11.6 Å². The molecule has 0 aliphatic carbocycles. The highest BCUT2D eigenvalue weighted by molar-refractivity contribution is 7.89. The average Bonchev–Trinajstić information content (AvgIpc) is 3.32. The van der Waals surface area contributed by atoms with Crippen molar-refractivity contribution in [1.82, 2.24) is 13.9 Å². The van der Waals surface area contributed by atoms with Gasteiger partial charge in [-0.25, -0.2) is 13.4 Å². The number of rotatable bonds is 10. The summed E-state index contributed by atoms with van der Waals surface area (Å²) >= 11 is 5.93. The van der Waals surface area contributed by atoms with E-state index in [2.05, 4.69) is 10.3 Å². The average molecular weight is 553 g/mol. The molecule has 1 N–H and O–H groups in total. The minimum atomic E-state index is -3.98. The Kier molecular flexibility index (Phi) is 8.63. The topological polar surface area (TPSA) is 93.5 Å². The molecule has 0 radical (unpaired) electrons. The molecule has 0 spiro atoms. The van der Waals surface area contributed by atoms with Crippen LogP contribution in [0.15, 0.2) is 83.9 Å². The van der Waals surface area contributed by atoms with Crippen LogP contribution in [0.25, 0.3) is 16.9 Å². The third-order valence-corrected chi connectivity index (χ3v) is 8.22. The number of nitrogens with one attached hydrogen (secondary N) is 1. The molecule has 0 aliphatic heterocycles. The van der Waals surface area contributed by atoms with Gasteiger partial charge in [-0.2, -0.15) is 4.31 Å². The largest absolute Gasteiger partial charge is 0.383 e. The molecule has 38 heavy (non-hydrogen) atoms. The summed E-state index contributed by atoms with van der Waals surface area (Å²) in [5, 5.41) is 3.23. The van der Waals surface area contributed by atoms with Crippen molar-refractivity contribution in [3.63, 3.8) is 0 Å². The fraction of sp³-hybridized carbons (Fsp3) is 0.214. The molecule has 4 rings (SSSR count). The maximum atomic E-state index is 13.3. The van der Waals surface area contributed by atoms with Crippen LogP contribution in [0.2, 0.25) is 5.02 Å². The normalized spacial score (nSPS) is 11.6. The number of methoxy groups -OCH3 is 1. The van der Waals surface area contributed by atoms with Crippen molar-refractivity contribution in [2.45, 2.75) is 18.7 Å². The van der Waals surface area contributed by atoms with Gasteiger partial charge in [0.05, 0.1) is 23.7 Å². The van der Waals surface area contributed by atoms with Crippen LogP contribution in [0.5, 0.6) is 0 Å². The van der Waals surface area contributed by atoms with E-state index in [1.807, 2.05) is 68.6 Å². The van der Waals surface area contributed by atoms with E-state index < -0.39 is 22.5 Å². The lowest BCUT2D eigenvalue weighted by atomic mass is 10.1. The summed E-state index contributed by atoms with van der Waals surface area (Å²) in [6.07, 6.45) is 1.85. The van der Waals surface area contributed by atoms with Gasteiger partial charge in [0.1, 0.15) is 0 Å². The van der Waals surface area contributed by atoms with Gasteiger partial charge in [0.15, 0.2) is 0 Å². The molecular formula is C28H29ClN4O4S. The van der Waals surface area contributed by atoms with Crippen LogP contribution in [0.1, 0.15) is 11.1 Å². The lowest BCUT2D eigenvalue weighted by molar-refractivity contribution is -0.116. The Balaban J connectivity index is 1.65. The number of aromatic nitrogens is 2. The first kappa shape index (κ1) is 27.5. The first-order valence-corrected chi connectivity index (χ1v) is 13.8. The highest BCUT2D eigenvalue weighted by Gasteiger charge is 2.27. The maximum Gasteiger partial charge on any atom is 0.243 e. The second kappa shape index (κ2) is 11.9. The van der Waals surface area contributed by atoms with Gasteiger partial charge in [-0.05, 0) is 61.4 Å². The molecule has 1 heterocycles. The molecule has 0 aliphatic rings. The number of benzene rings is 3. The standard InChI is InChI=1S/C28H29ClN4O4S/c1-20-9-12-24(17-21(20)2)33-18-26(22-7-5-4-6-8-22)30-28(33)31-27(34)19-32(15-16-37-3)38(35,36)25-13-10-23(29)11-14-25/h4-14,17-18H,15-16,19H2,1-3H3,(H,30,31,34). The summed E-state index contributed by atoms with van der Waals surface area (Å²) in [6, 6.07) is 21.4. The zero-order valence-corrected chi connectivity index (χ0v) is 23.0. The zero-order chi connectivity index (χ0) is 27.3. The molecule has 0 atom stereocenters. The maximum absolute atomic E-state index is 13.3. The van der Waals surface area contributed by atoms with Crippen molar-refractivity contribution >= 4 is 33.5 Å². The van der Waals surface area contributed by atoms with Crippen molar-refractivity contribution in [2.75, 3.05) is 32.1 Å². The minimum Gasteiger partial charge on any atom is -0.383 e. The number of carbonyl (C=O) groups excluding carboxylic acids is 1. The van der Waals surface area contributed by atoms with Crippen molar-refractivity contribution in [3.05, 3.63) is 95.1 Å². The summed E-state index contributed by atoms with van der Waals surface area (Å²) in [5.41, 5.74) is 4.61. The van der Waals surface area contributed by atoms with Crippen molar-refractivity contribution in [2.24, 2.45) is 0 Å². The monoisotopic (exact) mass is 552 g/mol. The van der Waals surface area contributed by atoms with E-state index in [9.17, 15) is 13.2 Å². The molecule has 1 amide bonds. The lowest BCUT2D eigenvalue weighted by Gasteiger charge is -2.21. The number of anilines is 1. The van der Waals surface area contributed by atoms with Gasteiger partial charge in [-0.15, -0.1) is 0 Å². The second-order valence-corrected chi connectivity index (χ2v) is 11.2. The van der Waals surface area contributed by atoms with E-state index in [1.54, 1.807) is 4.57 Å². The van der Waals surface area contributed by atoms with Gasteiger partial charge in [0.25, 0.3) is 0 Å². The van der Waals surface area contributed by atoms with E-state index in [4.69, 9.17) is 16.3 Å². The number of imidazole rings is 1. The molecular weight excluding hydrogens is 524 g/mol. The highest BCUT2D eigenvalue weighted by atomic mass is 35.5. The number of halogens is 1. The van der Waals surface area contributed by atoms with Gasteiger partial charge < -0.3 is 4.74 Å². The SMILES string of the molecule is COCCN(CC(=O)Nc1nc(-c2ccccc2)cn1-c1ccc(C)c(C)c1)S(=O)(=O)c1ccc(Cl)cc1. The van der Waals surface area contributed by atoms with Crippen LogP contribution in [0, 0.1) is 13.8 Å². The highest BCUT2D eigenvalue weighted by Crippen LogP contribution is 2.26. The molecule has 0 fully saturated rings. The van der Waals surface area contributed by atoms with Gasteiger partial charge >= 0.3 is 0 Å². The lowest BCUT2D eigenvalue weighted by Crippen LogP contribution is -2.40. The van der Waals surface area contributed by atoms with E-state index in [1.165, 1.54) is 31.4 Å². The van der Waals surface area contributed by atoms with Crippen LogP contribution in [0.3, 0.4) is 0 Å². The Labute approximate surface area is 227 Å². The van der Waals surface area contributed by atoms with E-state index in [-0.39, 0.29) is 24.0 Å². The predicted octanol–water partition coefficient (Wildman–Crippen LogP) is 5.09. The van der Waals surface area contributed by atoms with Gasteiger partial charge in [0, 0.05) is 36.1 Å². The van der Waals surface area contributed by atoms with Crippen molar-refractivity contribution < 1.29 is 17.9 Å². The van der Waals surface area contributed by atoms with Crippen molar-refractivity contribution in [3.8, 4) is 16.9 Å². The fourth-order valence-corrected chi connectivity index (χ4v) is 5.35. The summed E-state index contributed by atoms with van der Waals surface area (Å²) in [5.74, 6) is -0.248. The third kappa shape index (κ3) is 6.31. The summed E-state index contributed by atoms with van der Waals surface area (Å²) in [7, 11) is -2.51. The summed E-state index contributed by atoms with van der Waals surface area (Å²) in [4.78, 5) is 17.9. The number of aryl methyl sites for hydroxylation is 2. The second-order valence-electron chi connectivity index (χ2n) is 8.79. The number of amides is 1. The minimum absolute atomic E-state index is 0.00422. The molecule has 198 valence electrons. The van der Waals surface area contributed by atoms with Gasteiger partial charge in [-0.1, -0.05) is 48.0 Å². The first-order valence-electron chi connectivity index (χ1n) is 12.0. The fourth-order valence-electron chi connectivity index (χ4n) is 3.85. The van der Waals surface area contributed by atoms with E-state index in [0.717, 1.165) is 26.7 Å². The quantitative estimate of drug-likeness (QED) is 0.296. The third-order valence-electron chi connectivity index (χ3n) is 6.11. The Bertz CT molecular complexity index is 1520. The number of ether oxygens (including phenoxy) is 1. The number of hydrogen-bond donors (Lipinski definition) is 1. The predicted molar refractivity (Wildman–Crippen MR) is 149 cm³/mol. The molecule has 0 saturated carbocycles. The molecule has 8 nitrogen and oxygen atoms in total. The van der Waals surface area contributed by atoms with E-state index in [0.29, 0.717) is 10.7 Å². The van der Waals surface area contributed by atoms with Gasteiger partial charge in [0.2, 0.25) is 21.9 Å². The Morgan fingerprint density at radius 3 is 2.39 bits per heavy atom. The van der Waals surface area contributed by atoms with Gasteiger partial charge in [-0.3, -0.25) is 14.7 Å². The number of nitrogens with zero attached hydrogens (tertiary/aromatic N) is 3. The number of carbonyl (C=O) groups is 1. The Morgan fingerprint density at radius 1 is 1.03 bits per heavy atom. The van der Waals surface area contributed by atoms with E-state index >= 15 is 0 Å². The first-order chi connectivity index (χ1) is 18.2. The number of hydrogen-bond acceptors (Lipinski definition) is 5. The molecule has 10 heteroatoms. The van der Waals surface area contributed by atoms with Crippen LogP contribution in [-0.4, -0.2) is 55.0 Å².